The molecule has 1 aliphatic carbocycles. The van der Waals surface area contributed by atoms with Crippen LogP contribution in [0.1, 0.15) is 44.6 Å². The molecule has 0 bridgehead atoms. The van der Waals surface area contributed by atoms with Crippen LogP contribution in [0, 0.1) is 5.92 Å². The van der Waals surface area contributed by atoms with Crippen LogP contribution in [0.5, 0.6) is 0 Å². The molecule has 1 nitrogen and oxygen atoms in total. The molecule has 18 heavy (non-hydrogen) atoms. The number of nitrogens with two attached hydrogens (primary N) is 1. The van der Waals surface area contributed by atoms with Crippen molar-refractivity contribution in [3.63, 3.8) is 0 Å². The van der Waals surface area contributed by atoms with Crippen molar-refractivity contribution in [3.8, 4) is 0 Å². The summed E-state index contributed by atoms with van der Waals surface area (Å²) in [5.74, 6) is 0.831. The first-order chi connectivity index (χ1) is 8.69. The molecule has 2 heteroatoms. The lowest BCUT2D eigenvalue weighted by Gasteiger charge is -2.29. The second-order valence-electron chi connectivity index (χ2n) is 5.84. The molecular weight excluding hydrogens is 238 g/mol. The van der Waals surface area contributed by atoms with Gasteiger partial charge in [-0.15, -0.1) is 11.3 Å². The van der Waals surface area contributed by atoms with Gasteiger partial charge in [0.25, 0.3) is 0 Å². The van der Waals surface area contributed by atoms with Crippen molar-refractivity contribution in [3.05, 3.63) is 35.2 Å². The standard InChI is InChI=1S/C16H21NS/c1-12-4-3-9-16(17,10-7-12)14-6-2-5-13-8-11-18-15(13)14/h2,5-6,8,11-12H,3-4,7,9-10,17H2,1H3. The molecular formula is C16H21NS. The van der Waals surface area contributed by atoms with E-state index in [2.05, 4.69) is 36.6 Å². The topological polar surface area (TPSA) is 26.0 Å². The van der Waals surface area contributed by atoms with Crippen LogP contribution >= 0.6 is 11.3 Å². The van der Waals surface area contributed by atoms with Gasteiger partial charge < -0.3 is 5.73 Å². The average molecular weight is 259 g/mol. The Bertz CT molecular complexity index is 545. The highest BCUT2D eigenvalue weighted by atomic mass is 32.1. The van der Waals surface area contributed by atoms with E-state index in [9.17, 15) is 0 Å². The smallest absolute Gasteiger partial charge is 0.0424 e. The number of hydrogen-bond donors (Lipinski definition) is 1. The number of benzene rings is 1. The third-order valence-corrected chi connectivity index (χ3v) is 5.38. The first-order valence-electron chi connectivity index (χ1n) is 6.95. The Labute approximate surface area is 113 Å². The van der Waals surface area contributed by atoms with Crippen LogP contribution in [-0.4, -0.2) is 0 Å². The van der Waals surface area contributed by atoms with Gasteiger partial charge in [-0.1, -0.05) is 38.0 Å². The Hall–Kier alpha value is -0.860. The molecule has 0 amide bonds. The van der Waals surface area contributed by atoms with E-state index in [1.807, 2.05) is 11.3 Å². The minimum absolute atomic E-state index is 0.102. The van der Waals surface area contributed by atoms with Gasteiger partial charge >= 0.3 is 0 Å². The van der Waals surface area contributed by atoms with Crippen molar-refractivity contribution in [1.29, 1.82) is 0 Å². The Balaban J connectivity index is 2.04. The van der Waals surface area contributed by atoms with Crippen LogP contribution in [0.4, 0.5) is 0 Å². The van der Waals surface area contributed by atoms with Gasteiger partial charge in [-0.25, -0.2) is 0 Å². The van der Waals surface area contributed by atoms with Crippen molar-refractivity contribution in [1.82, 2.24) is 0 Å². The fourth-order valence-electron chi connectivity index (χ4n) is 3.19. The van der Waals surface area contributed by atoms with Gasteiger partial charge in [-0.2, -0.15) is 0 Å². The highest BCUT2D eigenvalue weighted by molar-refractivity contribution is 7.17. The maximum atomic E-state index is 6.77. The lowest BCUT2D eigenvalue weighted by Crippen LogP contribution is -2.36. The number of thiophene rings is 1. The summed E-state index contributed by atoms with van der Waals surface area (Å²) in [7, 11) is 0. The van der Waals surface area contributed by atoms with E-state index in [0.29, 0.717) is 0 Å². The maximum absolute atomic E-state index is 6.77. The predicted octanol–water partition coefficient (Wildman–Crippen LogP) is 4.66. The lowest BCUT2D eigenvalue weighted by atomic mass is 9.83. The first-order valence-corrected chi connectivity index (χ1v) is 7.83. The zero-order valence-corrected chi connectivity index (χ0v) is 11.8. The molecule has 1 fully saturated rings. The molecule has 0 aliphatic heterocycles. The third-order valence-electron chi connectivity index (χ3n) is 4.42. The molecule has 96 valence electrons. The third kappa shape index (κ3) is 2.08. The molecule has 2 N–H and O–H groups in total. The number of hydrogen-bond acceptors (Lipinski definition) is 2. The van der Waals surface area contributed by atoms with Crippen LogP contribution in [0.2, 0.25) is 0 Å². The molecule has 1 aliphatic rings. The predicted molar refractivity (Wildman–Crippen MR) is 79.9 cm³/mol. The summed E-state index contributed by atoms with van der Waals surface area (Å²) < 4.78 is 1.40. The Morgan fingerprint density at radius 2 is 2.11 bits per heavy atom. The van der Waals surface area contributed by atoms with E-state index in [1.165, 1.54) is 34.9 Å². The highest BCUT2D eigenvalue weighted by Crippen LogP contribution is 2.40. The van der Waals surface area contributed by atoms with Crippen molar-refractivity contribution in [2.24, 2.45) is 11.7 Å². The Morgan fingerprint density at radius 1 is 1.22 bits per heavy atom. The molecule has 2 aromatic rings. The number of rotatable bonds is 1. The van der Waals surface area contributed by atoms with Crippen LogP contribution in [0.15, 0.2) is 29.6 Å². The van der Waals surface area contributed by atoms with Gasteiger partial charge in [0.2, 0.25) is 0 Å². The van der Waals surface area contributed by atoms with Crippen LogP contribution in [-0.2, 0) is 5.54 Å². The zero-order valence-electron chi connectivity index (χ0n) is 11.0. The van der Waals surface area contributed by atoms with Gasteiger partial charge in [0.15, 0.2) is 0 Å². The van der Waals surface area contributed by atoms with E-state index < -0.39 is 0 Å². The van der Waals surface area contributed by atoms with E-state index >= 15 is 0 Å². The van der Waals surface area contributed by atoms with Gasteiger partial charge in [0.1, 0.15) is 0 Å². The normalized spacial score (nSPS) is 29.3. The van der Waals surface area contributed by atoms with Gasteiger partial charge in [-0.05, 0) is 47.6 Å². The molecule has 1 aromatic heterocycles. The summed E-state index contributed by atoms with van der Waals surface area (Å²) in [6.45, 7) is 2.36. The first kappa shape index (κ1) is 12.2. The molecule has 2 unspecified atom stereocenters. The summed E-state index contributed by atoms with van der Waals surface area (Å²) >= 11 is 1.83. The van der Waals surface area contributed by atoms with Crippen molar-refractivity contribution in [2.45, 2.75) is 44.6 Å². The lowest BCUT2D eigenvalue weighted by molar-refractivity contribution is 0.381. The second kappa shape index (κ2) is 4.67. The van der Waals surface area contributed by atoms with Crippen molar-refractivity contribution in [2.75, 3.05) is 0 Å². The molecule has 2 atom stereocenters. The summed E-state index contributed by atoms with van der Waals surface area (Å²) in [6.07, 6.45) is 6.12. The molecule has 0 saturated heterocycles. The van der Waals surface area contributed by atoms with Gasteiger partial charge in [0.05, 0.1) is 0 Å². The SMILES string of the molecule is CC1CCCC(N)(c2cccc3ccsc23)CC1. The van der Waals surface area contributed by atoms with E-state index in [1.54, 1.807) is 0 Å². The van der Waals surface area contributed by atoms with E-state index in [-0.39, 0.29) is 5.54 Å². The minimum Gasteiger partial charge on any atom is -0.321 e. The van der Waals surface area contributed by atoms with Crippen LogP contribution in [0.25, 0.3) is 10.1 Å². The highest BCUT2D eigenvalue weighted by Gasteiger charge is 2.31. The molecule has 1 saturated carbocycles. The molecule has 0 radical (unpaired) electrons. The maximum Gasteiger partial charge on any atom is 0.0424 e. The molecule has 1 heterocycles. The minimum atomic E-state index is -0.102. The van der Waals surface area contributed by atoms with E-state index in [0.717, 1.165) is 18.8 Å². The van der Waals surface area contributed by atoms with E-state index in [4.69, 9.17) is 5.73 Å². The fourth-order valence-corrected chi connectivity index (χ4v) is 4.21. The van der Waals surface area contributed by atoms with Gasteiger partial charge in [-0.3, -0.25) is 0 Å². The van der Waals surface area contributed by atoms with Crippen LogP contribution < -0.4 is 5.73 Å². The molecule has 3 rings (SSSR count). The van der Waals surface area contributed by atoms with Gasteiger partial charge in [0, 0.05) is 10.2 Å². The molecule has 0 spiro atoms. The summed E-state index contributed by atoms with van der Waals surface area (Å²) in [5, 5.41) is 3.52. The second-order valence-corrected chi connectivity index (χ2v) is 6.75. The summed E-state index contributed by atoms with van der Waals surface area (Å²) in [6, 6.07) is 8.80. The largest absolute Gasteiger partial charge is 0.321 e. The fraction of sp³-hybridized carbons (Fsp3) is 0.500. The van der Waals surface area contributed by atoms with Crippen molar-refractivity contribution >= 4 is 21.4 Å². The summed E-state index contributed by atoms with van der Waals surface area (Å²) in [5.41, 5.74) is 8.05. The van der Waals surface area contributed by atoms with Crippen LogP contribution in [0.3, 0.4) is 0 Å². The Kier molecular flexibility index (Phi) is 3.16. The summed E-state index contributed by atoms with van der Waals surface area (Å²) in [4.78, 5) is 0. The molecule has 1 aromatic carbocycles. The monoisotopic (exact) mass is 259 g/mol. The quantitative estimate of drug-likeness (QED) is 0.741. The Morgan fingerprint density at radius 3 is 3.00 bits per heavy atom. The van der Waals surface area contributed by atoms with Crippen molar-refractivity contribution < 1.29 is 0 Å². The number of fused-ring (bicyclic) bond motifs is 1. The average Bonchev–Trinajstić information content (AvgIpc) is 2.77. The zero-order chi connectivity index (χ0) is 12.6.